The Labute approximate surface area is 127 Å². The van der Waals surface area contributed by atoms with Gasteiger partial charge in [-0.05, 0) is 36.0 Å². The van der Waals surface area contributed by atoms with Crippen LogP contribution in [0.2, 0.25) is 0 Å². The molecule has 108 valence electrons. The molecule has 1 aromatic heterocycles. The second-order valence-corrected chi connectivity index (χ2v) is 6.87. The van der Waals surface area contributed by atoms with Gasteiger partial charge in [-0.3, -0.25) is 0 Å². The van der Waals surface area contributed by atoms with Gasteiger partial charge < -0.3 is 5.32 Å². The fraction of sp³-hybridized carbons (Fsp3) is 0.444. The maximum absolute atomic E-state index is 3.63. The van der Waals surface area contributed by atoms with Gasteiger partial charge in [0.2, 0.25) is 0 Å². The second-order valence-electron chi connectivity index (χ2n) is 5.61. The smallest absolute Gasteiger partial charge is 0.0300 e. The number of hydrogen-bond donors (Lipinski definition) is 1. The monoisotopic (exact) mass is 287 g/mol. The third kappa shape index (κ3) is 4.19. The average molecular weight is 287 g/mol. The van der Waals surface area contributed by atoms with E-state index in [0.29, 0.717) is 11.8 Å². The van der Waals surface area contributed by atoms with Crippen molar-refractivity contribution in [1.29, 1.82) is 0 Å². The molecule has 0 fully saturated rings. The lowest BCUT2D eigenvalue weighted by Crippen LogP contribution is -2.24. The molecular formula is C18H25NS. The van der Waals surface area contributed by atoms with E-state index in [1.165, 1.54) is 15.3 Å². The van der Waals surface area contributed by atoms with Gasteiger partial charge in [-0.15, -0.1) is 11.3 Å². The zero-order valence-corrected chi connectivity index (χ0v) is 13.5. The van der Waals surface area contributed by atoms with Gasteiger partial charge in [-0.25, -0.2) is 0 Å². The van der Waals surface area contributed by atoms with Crippen molar-refractivity contribution in [2.75, 3.05) is 6.54 Å². The molecule has 0 amide bonds. The van der Waals surface area contributed by atoms with E-state index in [0.717, 1.165) is 19.5 Å². The molecule has 1 unspecified atom stereocenters. The molecule has 2 heteroatoms. The summed E-state index contributed by atoms with van der Waals surface area (Å²) in [5.41, 5.74) is 1.44. The van der Waals surface area contributed by atoms with Gasteiger partial charge in [0.15, 0.2) is 0 Å². The Morgan fingerprint density at radius 2 is 1.70 bits per heavy atom. The molecule has 0 radical (unpaired) electrons. The molecule has 0 saturated carbocycles. The minimum absolute atomic E-state index is 0.585. The first-order chi connectivity index (χ1) is 9.70. The van der Waals surface area contributed by atoms with E-state index in [1.54, 1.807) is 0 Å². The summed E-state index contributed by atoms with van der Waals surface area (Å²) in [6.45, 7) is 8.86. The van der Waals surface area contributed by atoms with E-state index in [-0.39, 0.29) is 0 Å². The van der Waals surface area contributed by atoms with E-state index >= 15 is 0 Å². The van der Waals surface area contributed by atoms with Crippen LogP contribution in [0.3, 0.4) is 0 Å². The van der Waals surface area contributed by atoms with E-state index in [9.17, 15) is 0 Å². The van der Waals surface area contributed by atoms with Crippen molar-refractivity contribution in [3.63, 3.8) is 0 Å². The molecule has 1 aromatic carbocycles. The number of benzene rings is 1. The number of nitrogens with one attached hydrogen (secondary N) is 1. The Kier molecular flexibility index (Phi) is 5.81. The lowest BCUT2D eigenvalue weighted by Gasteiger charge is -2.21. The van der Waals surface area contributed by atoms with Gasteiger partial charge >= 0.3 is 0 Å². The van der Waals surface area contributed by atoms with Crippen LogP contribution in [-0.4, -0.2) is 6.54 Å². The zero-order valence-electron chi connectivity index (χ0n) is 12.7. The SMILES string of the molecule is CCc1ccc(CNCC(c2ccccc2)C(C)C)s1. The maximum Gasteiger partial charge on any atom is 0.0300 e. The summed E-state index contributed by atoms with van der Waals surface area (Å²) in [6.07, 6.45) is 1.14. The van der Waals surface area contributed by atoms with Crippen LogP contribution >= 0.6 is 11.3 Å². The molecular weight excluding hydrogens is 262 g/mol. The van der Waals surface area contributed by atoms with Crippen molar-refractivity contribution in [2.45, 2.75) is 39.7 Å². The van der Waals surface area contributed by atoms with E-state index in [4.69, 9.17) is 0 Å². The highest BCUT2D eigenvalue weighted by Crippen LogP contribution is 2.24. The number of hydrogen-bond acceptors (Lipinski definition) is 2. The molecule has 0 bridgehead atoms. The Hall–Kier alpha value is -1.12. The van der Waals surface area contributed by atoms with E-state index < -0.39 is 0 Å². The van der Waals surface area contributed by atoms with Crippen LogP contribution in [0.5, 0.6) is 0 Å². The molecule has 2 rings (SSSR count). The van der Waals surface area contributed by atoms with Gasteiger partial charge in [0.1, 0.15) is 0 Å². The van der Waals surface area contributed by atoms with Crippen LogP contribution in [0.15, 0.2) is 42.5 Å². The van der Waals surface area contributed by atoms with Gasteiger partial charge in [0.05, 0.1) is 0 Å². The first-order valence-corrected chi connectivity index (χ1v) is 8.35. The Morgan fingerprint density at radius 3 is 2.30 bits per heavy atom. The Morgan fingerprint density at radius 1 is 1.00 bits per heavy atom. The highest BCUT2D eigenvalue weighted by Gasteiger charge is 2.15. The Bertz CT molecular complexity index is 501. The molecule has 0 aliphatic carbocycles. The molecule has 1 N–H and O–H groups in total. The summed E-state index contributed by atoms with van der Waals surface area (Å²) < 4.78 is 0. The number of aryl methyl sites for hydroxylation is 1. The molecule has 20 heavy (non-hydrogen) atoms. The van der Waals surface area contributed by atoms with E-state index in [2.05, 4.69) is 68.6 Å². The maximum atomic E-state index is 3.63. The summed E-state index contributed by atoms with van der Waals surface area (Å²) in [4.78, 5) is 2.92. The van der Waals surface area contributed by atoms with Crippen LogP contribution in [0.1, 0.15) is 42.0 Å². The van der Waals surface area contributed by atoms with Crippen LogP contribution in [0.25, 0.3) is 0 Å². The molecule has 1 heterocycles. The predicted molar refractivity (Wildman–Crippen MR) is 89.4 cm³/mol. The summed E-state index contributed by atoms with van der Waals surface area (Å²) in [7, 11) is 0. The minimum atomic E-state index is 0.585. The third-order valence-electron chi connectivity index (χ3n) is 3.76. The molecule has 0 aliphatic rings. The lowest BCUT2D eigenvalue weighted by atomic mass is 9.88. The van der Waals surface area contributed by atoms with Gasteiger partial charge in [-0.2, -0.15) is 0 Å². The minimum Gasteiger partial charge on any atom is -0.311 e. The molecule has 1 atom stereocenters. The quantitative estimate of drug-likeness (QED) is 0.768. The highest BCUT2D eigenvalue weighted by molar-refractivity contribution is 7.11. The summed E-state index contributed by atoms with van der Waals surface area (Å²) >= 11 is 1.93. The van der Waals surface area contributed by atoms with Crippen molar-refractivity contribution in [1.82, 2.24) is 5.32 Å². The van der Waals surface area contributed by atoms with Gasteiger partial charge in [0.25, 0.3) is 0 Å². The summed E-state index contributed by atoms with van der Waals surface area (Å²) in [5.74, 6) is 1.24. The van der Waals surface area contributed by atoms with Crippen LogP contribution in [0, 0.1) is 5.92 Å². The van der Waals surface area contributed by atoms with Crippen molar-refractivity contribution >= 4 is 11.3 Å². The molecule has 1 nitrogen and oxygen atoms in total. The molecule has 0 aliphatic heterocycles. The second kappa shape index (κ2) is 7.61. The molecule has 0 saturated heterocycles. The van der Waals surface area contributed by atoms with Crippen molar-refractivity contribution < 1.29 is 0 Å². The topological polar surface area (TPSA) is 12.0 Å². The Balaban J connectivity index is 1.90. The fourth-order valence-corrected chi connectivity index (χ4v) is 3.42. The largest absolute Gasteiger partial charge is 0.311 e. The summed E-state index contributed by atoms with van der Waals surface area (Å²) in [5, 5.41) is 3.63. The van der Waals surface area contributed by atoms with Crippen LogP contribution in [0.4, 0.5) is 0 Å². The van der Waals surface area contributed by atoms with Crippen molar-refractivity contribution in [3.05, 3.63) is 57.8 Å². The summed E-state index contributed by atoms with van der Waals surface area (Å²) in [6, 6.07) is 15.4. The van der Waals surface area contributed by atoms with Crippen molar-refractivity contribution in [3.8, 4) is 0 Å². The first-order valence-electron chi connectivity index (χ1n) is 7.54. The van der Waals surface area contributed by atoms with Crippen molar-refractivity contribution in [2.24, 2.45) is 5.92 Å². The van der Waals surface area contributed by atoms with Crippen LogP contribution in [-0.2, 0) is 13.0 Å². The van der Waals surface area contributed by atoms with Gasteiger partial charge in [0, 0.05) is 22.8 Å². The van der Waals surface area contributed by atoms with E-state index in [1.807, 2.05) is 11.3 Å². The standard InChI is InChI=1S/C18H25NS/c1-4-16-10-11-17(20-16)12-19-13-18(14(2)3)15-8-6-5-7-9-15/h5-11,14,18-19H,4,12-13H2,1-3H3. The number of rotatable bonds is 7. The fourth-order valence-electron chi connectivity index (χ4n) is 2.50. The average Bonchev–Trinajstić information content (AvgIpc) is 2.92. The molecule has 2 aromatic rings. The first kappa shape index (κ1) is 15.3. The normalized spacial score (nSPS) is 12.8. The highest BCUT2D eigenvalue weighted by atomic mass is 32.1. The van der Waals surface area contributed by atoms with Crippen LogP contribution < -0.4 is 5.32 Å². The zero-order chi connectivity index (χ0) is 14.4. The number of thiophene rings is 1. The molecule has 0 spiro atoms. The van der Waals surface area contributed by atoms with Gasteiger partial charge in [-0.1, -0.05) is 51.1 Å². The lowest BCUT2D eigenvalue weighted by molar-refractivity contribution is 0.462. The predicted octanol–water partition coefficient (Wildman–Crippen LogP) is 4.84. The third-order valence-corrected chi connectivity index (χ3v) is 4.99.